The van der Waals surface area contributed by atoms with Gasteiger partial charge < -0.3 is 9.80 Å². The van der Waals surface area contributed by atoms with Crippen LogP contribution >= 0.6 is 0 Å². The maximum Gasteiger partial charge on any atom is 0.0496 e. The molecule has 0 spiro atoms. The lowest BCUT2D eigenvalue weighted by Crippen LogP contribution is -2.19. The summed E-state index contributed by atoms with van der Waals surface area (Å²) in [5, 5.41) is 17.8. The third-order valence-electron chi connectivity index (χ3n) is 16.7. The number of hydrogen-bond donors (Lipinski definition) is 0. The molecule has 0 amide bonds. The first-order valence-electron chi connectivity index (χ1n) is 25.8. The Morgan fingerprint density at radius 2 is 0.514 bits per heavy atom. The van der Waals surface area contributed by atoms with Crippen LogP contribution in [0.5, 0.6) is 0 Å². The van der Waals surface area contributed by atoms with E-state index >= 15 is 0 Å². The summed E-state index contributed by atoms with van der Waals surface area (Å²) in [6.45, 7) is 0. The minimum absolute atomic E-state index is 1.21. The van der Waals surface area contributed by atoms with E-state index in [2.05, 4.69) is 267 Å². The van der Waals surface area contributed by atoms with Crippen LogP contribution < -0.4 is 9.80 Å². The quantitative estimate of drug-likeness (QED) is 0.162. The molecule has 0 saturated heterocycles. The van der Waals surface area contributed by atoms with Gasteiger partial charge in [0.05, 0.1) is 0 Å². The molecule has 2 aliphatic heterocycles. The van der Waals surface area contributed by atoms with Gasteiger partial charge in [0.1, 0.15) is 0 Å². The Morgan fingerprint density at radius 3 is 0.878 bits per heavy atom. The second-order valence-corrected chi connectivity index (χ2v) is 20.3. The number of fused-ring (bicyclic) bond motifs is 10. The van der Waals surface area contributed by atoms with Gasteiger partial charge >= 0.3 is 0 Å². The molecule has 0 unspecified atom stereocenters. The molecule has 0 aromatic heterocycles. The fourth-order valence-corrected chi connectivity index (χ4v) is 13.5. The van der Waals surface area contributed by atoms with Gasteiger partial charge in [-0.25, -0.2) is 0 Å². The summed E-state index contributed by atoms with van der Waals surface area (Å²) in [6.07, 6.45) is 0. The predicted octanol–water partition coefficient (Wildman–Crippen LogP) is 19.9. The molecule has 2 nitrogen and oxygen atoms in total. The van der Waals surface area contributed by atoms with E-state index < -0.39 is 0 Å². The molecular weight excluding hydrogens is 893 g/mol. The molecule has 0 atom stereocenters. The monoisotopic (exact) mass is 938 g/mol. The van der Waals surface area contributed by atoms with Crippen molar-refractivity contribution < 1.29 is 0 Å². The van der Waals surface area contributed by atoms with E-state index in [1.54, 1.807) is 0 Å². The summed E-state index contributed by atoms with van der Waals surface area (Å²) >= 11 is 0. The molecule has 2 heterocycles. The minimum atomic E-state index is 1.21. The zero-order valence-corrected chi connectivity index (χ0v) is 41.0. The minimum Gasteiger partial charge on any atom is -0.344 e. The Labute approximate surface area is 429 Å². The Morgan fingerprint density at radius 1 is 0.216 bits per heavy atom. The Hall–Kier alpha value is -9.50. The van der Waals surface area contributed by atoms with E-state index in [1.165, 1.54) is 165 Å². The summed E-state index contributed by atoms with van der Waals surface area (Å²) in [6, 6.07) is 90.9. The lowest BCUT2D eigenvalue weighted by atomic mass is 9.81. The van der Waals surface area contributed by atoms with Crippen LogP contribution in [0.3, 0.4) is 0 Å². The van der Waals surface area contributed by atoms with Crippen LogP contribution in [0.1, 0.15) is 0 Å². The van der Waals surface area contributed by atoms with Crippen molar-refractivity contribution in [3.63, 3.8) is 0 Å². The highest BCUT2D eigenvalue weighted by Crippen LogP contribution is 2.57. The first-order valence-corrected chi connectivity index (χ1v) is 25.8. The molecule has 0 fully saturated rings. The van der Waals surface area contributed by atoms with Crippen LogP contribution in [-0.4, -0.2) is 14.1 Å². The maximum atomic E-state index is 2.44. The summed E-state index contributed by atoms with van der Waals surface area (Å²) in [5.74, 6) is 0. The van der Waals surface area contributed by atoms with Crippen LogP contribution in [0.15, 0.2) is 243 Å². The zero-order chi connectivity index (χ0) is 48.8. The maximum absolute atomic E-state index is 2.44. The van der Waals surface area contributed by atoms with E-state index in [4.69, 9.17) is 0 Å². The normalized spacial score (nSPS) is 12.7. The van der Waals surface area contributed by atoms with Crippen molar-refractivity contribution in [2.75, 3.05) is 23.9 Å². The van der Waals surface area contributed by atoms with Crippen LogP contribution in [0.2, 0.25) is 0 Å². The fraction of sp³-hybridized carbons (Fsp3) is 0.0278. The van der Waals surface area contributed by atoms with Crippen LogP contribution in [0.25, 0.3) is 142 Å². The molecule has 2 aliphatic rings. The molecule has 14 aromatic rings. The van der Waals surface area contributed by atoms with Gasteiger partial charge in [-0.3, -0.25) is 0 Å². The Bertz CT molecular complexity index is 4340. The third-order valence-corrected chi connectivity index (χ3v) is 16.7. The average Bonchev–Trinajstić information content (AvgIpc) is 3.46. The molecule has 74 heavy (non-hydrogen) atoms. The van der Waals surface area contributed by atoms with Crippen molar-refractivity contribution in [2.45, 2.75) is 0 Å². The lowest BCUT2D eigenvalue weighted by molar-refractivity contribution is 1.19. The van der Waals surface area contributed by atoms with Crippen molar-refractivity contribution in [1.82, 2.24) is 0 Å². The third kappa shape index (κ3) is 5.65. The largest absolute Gasteiger partial charge is 0.344 e. The molecule has 0 bridgehead atoms. The van der Waals surface area contributed by atoms with Gasteiger partial charge in [-0.15, -0.1) is 0 Å². The van der Waals surface area contributed by atoms with Crippen molar-refractivity contribution in [3.05, 3.63) is 243 Å². The highest BCUT2D eigenvalue weighted by Gasteiger charge is 2.31. The summed E-state index contributed by atoms with van der Waals surface area (Å²) in [4.78, 5) is 4.86. The molecule has 0 N–H and O–H groups in total. The van der Waals surface area contributed by atoms with E-state index in [0.29, 0.717) is 0 Å². The molecule has 0 aliphatic carbocycles. The van der Waals surface area contributed by atoms with E-state index in [1.807, 2.05) is 0 Å². The van der Waals surface area contributed by atoms with Crippen LogP contribution in [0.4, 0.5) is 22.7 Å². The second-order valence-electron chi connectivity index (χ2n) is 20.3. The molecule has 344 valence electrons. The summed E-state index contributed by atoms with van der Waals surface area (Å²) in [5.41, 5.74) is 20.0. The molecule has 16 rings (SSSR count). The zero-order valence-electron chi connectivity index (χ0n) is 41.0. The van der Waals surface area contributed by atoms with E-state index in [0.717, 1.165) is 0 Å². The first kappa shape index (κ1) is 41.2. The smallest absolute Gasteiger partial charge is 0.0496 e. The van der Waals surface area contributed by atoms with Gasteiger partial charge in [-0.05, 0) is 145 Å². The highest BCUT2D eigenvalue weighted by molar-refractivity contribution is 6.27. The van der Waals surface area contributed by atoms with Gasteiger partial charge in [0, 0.05) is 58.7 Å². The number of benzene rings is 14. The molecule has 14 aromatic carbocycles. The topological polar surface area (TPSA) is 6.48 Å². The van der Waals surface area contributed by atoms with Crippen molar-refractivity contribution in [3.8, 4) is 66.8 Å². The second kappa shape index (κ2) is 15.5. The number of anilines is 4. The average molecular weight is 939 g/mol. The fourth-order valence-electron chi connectivity index (χ4n) is 13.5. The number of rotatable bonds is 4. The Balaban J connectivity index is 0.846. The van der Waals surface area contributed by atoms with Gasteiger partial charge in [0.2, 0.25) is 0 Å². The summed E-state index contributed by atoms with van der Waals surface area (Å²) < 4.78 is 0. The SMILES string of the molecule is CN1c2cc(-c3c4ccccc4c(-c4cccc5ccccc45)c4ccccc34)ccc2-c2ccc3c4c(ccc1c24)N(C)c1cc(-c2c4ccccc4c(-c4cccc5ccccc45)c4ccccc24)ccc1-3. The predicted molar refractivity (Wildman–Crippen MR) is 318 cm³/mol. The van der Waals surface area contributed by atoms with Crippen LogP contribution in [0, 0.1) is 0 Å². The summed E-state index contributed by atoms with van der Waals surface area (Å²) in [7, 11) is 4.50. The first-order chi connectivity index (χ1) is 36.6. The van der Waals surface area contributed by atoms with Gasteiger partial charge in [0.15, 0.2) is 0 Å². The van der Waals surface area contributed by atoms with E-state index in [9.17, 15) is 0 Å². The molecule has 0 saturated carbocycles. The van der Waals surface area contributed by atoms with Gasteiger partial charge in [-0.2, -0.15) is 0 Å². The number of hydrogen-bond acceptors (Lipinski definition) is 2. The van der Waals surface area contributed by atoms with Crippen molar-refractivity contribution in [1.29, 1.82) is 0 Å². The van der Waals surface area contributed by atoms with Crippen molar-refractivity contribution in [2.24, 2.45) is 0 Å². The number of nitrogens with zero attached hydrogens (tertiary/aromatic N) is 2. The van der Waals surface area contributed by atoms with Crippen molar-refractivity contribution >= 4 is 98.2 Å². The highest BCUT2D eigenvalue weighted by atomic mass is 15.1. The van der Waals surface area contributed by atoms with Gasteiger partial charge in [-0.1, -0.05) is 218 Å². The molecule has 0 radical (unpaired) electrons. The van der Waals surface area contributed by atoms with E-state index in [-0.39, 0.29) is 0 Å². The molecule has 2 heteroatoms. The van der Waals surface area contributed by atoms with Crippen LogP contribution in [-0.2, 0) is 0 Å². The standard InChI is InChI=1S/C72H46N2/c1-73-63-39-40-64-72-62(50-36-34-46(42-66(50)74(64)2)68-55-25-9-13-29-59(55)70(60-30-14-10-26-56(60)68)52-32-16-20-44-18-4-6-22-48(44)52)38-37-61(71(63)72)49-35-33-45(41-65(49)73)67-53-23-7-11-27-57(53)69(58-28-12-8-24-54(58)67)51-31-15-19-43-17-3-5-21-47(43)51/h3-42H,1-2H3. The van der Waals surface area contributed by atoms with Gasteiger partial charge in [0.25, 0.3) is 0 Å². The Kier molecular flexibility index (Phi) is 8.62. The lowest BCUT2D eigenvalue weighted by Gasteiger charge is -2.36. The molecular formula is C72H46N2.